The maximum absolute atomic E-state index is 12.6. The third-order valence-electron chi connectivity index (χ3n) is 5.57. The van der Waals surface area contributed by atoms with Crippen LogP contribution in [0.3, 0.4) is 0 Å². The van der Waals surface area contributed by atoms with Crippen LogP contribution >= 0.6 is 0 Å². The molecule has 0 spiro atoms. The molecule has 3 rings (SSSR count). The summed E-state index contributed by atoms with van der Waals surface area (Å²) >= 11 is 0. The van der Waals surface area contributed by atoms with Gasteiger partial charge in [0.1, 0.15) is 0 Å². The standard InChI is InChI=1S/C20H29N3O5S/c1-15(24)22-18-6-8-19(9-7-18)29(26,27)21-14-16-2-4-17(5-3-16)20(25)23-10-12-28-13-11-23/h6-9,16-17,21H,2-5,10-14H2,1H3,(H,22,24). The van der Waals surface area contributed by atoms with Crippen molar-refractivity contribution in [2.75, 3.05) is 38.2 Å². The smallest absolute Gasteiger partial charge is 0.240 e. The highest BCUT2D eigenvalue weighted by molar-refractivity contribution is 7.89. The molecule has 2 aliphatic rings. The van der Waals surface area contributed by atoms with Crippen LogP contribution in [0.1, 0.15) is 32.6 Å². The van der Waals surface area contributed by atoms with Crippen molar-refractivity contribution >= 4 is 27.5 Å². The van der Waals surface area contributed by atoms with E-state index in [1.165, 1.54) is 19.1 Å². The Labute approximate surface area is 172 Å². The van der Waals surface area contributed by atoms with Crippen molar-refractivity contribution in [3.63, 3.8) is 0 Å². The lowest BCUT2D eigenvalue weighted by molar-refractivity contribution is -0.141. The molecule has 29 heavy (non-hydrogen) atoms. The number of benzene rings is 1. The highest BCUT2D eigenvalue weighted by Crippen LogP contribution is 2.30. The predicted molar refractivity (Wildman–Crippen MR) is 109 cm³/mol. The number of rotatable bonds is 6. The molecule has 9 heteroatoms. The number of hydrogen-bond donors (Lipinski definition) is 2. The van der Waals surface area contributed by atoms with Crippen LogP contribution in [0, 0.1) is 11.8 Å². The molecule has 160 valence electrons. The third kappa shape index (κ3) is 6.01. The van der Waals surface area contributed by atoms with Gasteiger partial charge in [-0.1, -0.05) is 0 Å². The van der Waals surface area contributed by atoms with Crippen LogP contribution in [0.25, 0.3) is 0 Å². The van der Waals surface area contributed by atoms with Crippen molar-refractivity contribution in [2.45, 2.75) is 37.5 Å². The van der Waals surface area contributed by atoms with Gasteiger partial charge in [0.15, 0.2) is 0 Å². The number of amides is 2. The number of nitrogens with one attached hydrogen (secondary N) is 2. The summed E-state index contributed by atoms with van der Waals surface area (Å²) in [6, 6.07) is 6.09. The molecule has 2 N–H and O–H groups in total. The first-order valence-corrected chi connectivity index (χ1v) is 11.6. The van der Waals surface area contributed by atoms with Gasteiger partial charge < -0.3 is 15.0 Å². The van der Waals surface area contributed by atoms with Crippen LogP contribution in [0.5, 0.6) is 0 Å². The van der Waals surface area contributed by atoms with Gasteiger partial charge >= 0.3 is 0 Å². The van der Waals surface area contributed by atoms with Crippen LogP contribution in [0.4, 0.5) is 5.69 Å². The Bertz CT molecular complexity index is 811. The first-order valence-electron chi connectivity index (χ1n) is 10.1. The van der Waals surface area contributed by atoms with E-state index in [0.717, 1.165) is 25.7 Å². The number of carbonyl (C=O) groups is 2. The topological polar surface area (TPSA) is 105 Å². The fraction of sp³-hybridized carbons (Fsp3) is 0.600. The zero-order valence-electron chi connectivity index (χ0n) is 16.7. The number of anilines is 1. The van der Waals surface area contributed by atoms with Crippen molar-refractivity contribution in [3.8, 4) is 0 Å². The molecule has 0 aromatic heterocycles. The van der Waals surface area contributed by atoms with Crippen molar-refractivity contribution in [2.24, 2.45) is 11.8 Å². The summed E-state index contributed by atoms with van der Waals surface area (Å²) in [5, 5.41) is 2.61. The number of hydrogen-bond acceptors (Lipinski definition) is 5. The Balaban J connectivity index is 1.46. The minimum absolute atomic E-state index is 0.0438. The van der Waals surface area contributed by atoms with E-state index in [1.54, 1.807) is 12.1 Å². The molecular weight excluding hydrogens is 394 g/mol. The predicted octanol–water partition coefficient (Wildman–Crippen LogP) is 1.59. The van der Waals surface area contributed by atoms with Gasteiger partial charge in [-0.2, -0.15) is 0 Å². The number of sulfonamides is 1. The molecule has 1 saturated heterocycles. The monoisotopic (exact) mass is 423 g/mol. The first kappa shape index (κ1) is 21.7. The molecule has 1 aromatic rings. The van der Waals surface area contributed by atoms with Gasteiger partial charge in [-0.05, 0) is 55.9 Å². The number of morpholine rings is 1. The lowest BCUT2D eigenvalue weighted by atomic mass is 9.81. The van der Waals surface area contributed by atoms with E-state index in [1.807, 2.05) is 4.90 Å². The van der Waals surface area contributed by atoms with E-state index < -0.39 is 10.0 Å². The summed E-state index contributed by atoms with van der Waals surface area (Å²) in [4.78, 5) is 25.7. The van der Waals surface area contributed by atoms with E-state index in [-0.39, 0.29) is 28.5 Å². The lowest BCUT2D eigenvalue weighted by Crippen LogP contribution is -2.44. The second-order valence-electron chi connectivity index (χ2n) is 7.71. The van der Waals surface area contributed by atoms with E-state index in [2.05, 4.69) is 10.0 Å². The van der Waals surface area contributed by atoms with Crippen LogP contribution in [-0.2, 0) is 24.3 Å². The Kier molecular flexibility index (Phi) is 7.26. The highest BCUT2D eigenvalue weighted by atomic mass is 32.2. The average Bonchev–Trinajstić information content (AvgIpc) is 2.73. The molecule has 0 atom stereocenters. The van der Waals surface area contributed by atoms with E-state index >= 15 is 0 Å². The second kappa shape index (κ2) is 9.69. The molecule has 0 bridgehead atoms. The molecule has 0 radical (unpaired) electrons. The second-order valence-corrected chi connectivity index (χ2v) is 9.48. The van der Waals surface area contributed by atoms with Gasteiger partial charge in [0.25, 0.3) is 0 Å². The van der Waals surface area contributed by atoms with Gasteiger partial charge in [0, 0.05) is 38.2 Å². The van der Waals surface area contributed by atoms with Crippen molar-refractivity contribution in [1.29, 1.82) is 0 Å². The summed E-state index contributed by atoms with van der Waals surface area (Å²) in [5.74, 6) is 0.285. The molecule has 2 fully saturated rings. The fourth-order valence-electron chi connectivity index (χ4n) is 3.89. The summed E-state index contributed by atoms with van der Waals surface area (Å²) in [7, 11) is -3.60. The molecule has 0 unspecified atom stereocenters. The van der Waals surface area contributed by atoms with Crippen LogP contribution in [0.15, 0.2) is 29.2 Å². The molecule has 8 nitrogen and oxygen atoms in total. The van der Waals surface area contributed by atoms with Gasteiger partial charge in [0.2, 0.25) is 21.8 Å². The Hall–Kier alpha value is -1.97. The Morgan fingerprint density at radius 3 is 2.28 bits per heavy atom. The molecule has 1 aliphatic carbocycles. The van der Waals surface area contributed by atoms with Crippen molar-refractivity contribution in [1.82, 2.24) is 9.62 Å². The summed E-state index contributed by atoms with van der Waals surface area (Å²) < 4.78 is 33.0. The normalized spacial score (nSPS) is 22.9. The summed E-state index contributed by atoms with van der Waals surface area (Å²) in [6.45, 7) is 4.31. The maximum atomic E-state index is 12.6. The zero-order valence-corrected chi connectivity index (χ0v) is 17.5. The quantitative estimate of drug-likeness (QED) is 0.723. The van der Waals surface area contributed by atoms with Crippen LogP contribution in [-0.4, -0.2) is 58.0 Å². The van der Waals surface area contributed by atoms with Crippen molar-refractivity contribution in [3.05, 3.63) is 24.3 Å². The molecular formula is C20H29N3O5S. The SMILES string of the molecule is CC(=O)Nc1ccc(S(=O)(=O)NCC2CCC(C(=O)N3CCOCC3)CC2)cc1. The largest absolute Gasteiger partial charge is 0.378 e. The minimum Gasteiger partial charge on any atom is -0.378 e. The third-order valence-corrected chi connectivity index (χ3v) is 7.01. The van der Waals surface area contributed by atoms with E-state index in [4.69, 9.17) is 4.74 Å². The summed E-state index contributed by atoms with van der Waals surface area (Å²) in [6.07, 6.45) is 3.28. The molecule has 1 saturated carbocycles. The van der Waals surface area contributed by atoms with E-state index in [0.29, 0.717) is 38.5 Å². The van der Waals surface area contributed by atoms with Gasteiger partial charge in [-0.3, -0.25) is 9.59 Å². The lowest BCUT2D eigenvalue weighted by Gasteiger charge is -2.34. The number of carbonyl (C=O) groups excluding carboxylic acids is 2. The highest BCUT2D eigenvalue weighted by Gasteiger charge is 2.30. The molecule has 1 aromatic carbocycles. The van der Waals surface area contributed by atoms with E-state index in [9.17, 15) is 18.0 Å². The zero-order chi connectivity index (χ0) is 20.9. The first-order chi connectivity index (χ1) is 13.8. The number of ether oxygens (including phenoxy) is 1. The molecule has 1 aliphatic heterocycles. The Morgan fingerprint density at radius 2 is 1.69 bits per heavy atom. The van der Waals surface area contributed by atoms with Gasteiger partial charge in [-0.25, -0.2) is 13.1 Å². The van der Waals surface area contributed by atoms with Gasteiger partial charge in [-0.15, -0.1) is 0 Å². The fourth-order valence-corrected chi connectivity index (χ4v) is 5.00. The minimum atomic E-state index is -3.60. The maximum Gasteiger partial charge on any atom is 0.240 e. The van der Waals surface area contributed by atoms with Crippen LogP contribution in [0.2, 0.25) is 0 Å². The van der Waals surface area contributed by atoms with Crippen LogP contribution < -0.4 is 10.0 Å². The molecule has 2 amide bonds. The molecule has 1 heterocycles. The summed E-state index contributed by atoms with van der Waals surface area (Å²) in [5.41, 5.74) is 0.555. The van der Waals surface area contributed by atoms with Crippen molar-refractivity contribution < 1.29 is 22.7 Å². The Morgan fingerprint density at radius 1 is 1.07 bits per heavy atom. The number of nitrogens with zero attached hydrogens (tertiary/aromatic N) is 1. The average molecular weight is 424 g/mol. The van der Waals surface area contributed by atoms with Gasteiger partial charge in [0.05, 0.1) is 18.1 Å².